The third-order valence-electron chi connectivity index (χ3n) is 6.31. The molecule has 1 aromatic carbocycles. The molecular weight excluding hydrogens is 499 g/mol. The Kier molecular flexibility index (Phi) is 8.73. The maximum Gasteiger partial charge on any atom is 0.272 e. The molecule has 1 atom stereocenters. The van der Waals surface area contributed by atoms with Crippen LogP contribution in [0.5, 0.6) is 5.75 Å². The number of benzene rings is 1. The number of rotatable bonds is 10. The van der Waals surface area contributed by atoms with Crippen LogP contribution in [0.15, 0.2) is 36.7 Å². The van der Waals surface area contributed by atoms with Crippen molar-refractivity contribution in [3.63, 3.8) is 0 Å². The van der Waals surface area contributed by atoms with Crippen LogP contribution in [-0.4, -0.2) is 94.0 Å². The highest BCUT2D eigenvalue weighted by atomic mass is 32.1. The summed E-state index contributed by atoms with van der Waals surface area (Å²) in [4.78, 5) is 33.0. The molecule has 1 unspecified atom stereocenters. The van der Waals surface area contributed by atoms with E-state index in [0.29, 0.717) is 39.6 Å². The summed E-state index contributed by atoms with van der Waals surface area (Å²) in [5.41, 5.74) is 2.03. The summed E-state index contributed by atoms with van der Waals surface area (Å²) in [6.45, 7) is 1.75. The predicted molar refractivity (Wildman–Crippen MR) is 158 cm³/mol. The smallest absolute Gasteiger partial charge is 0.272 e. The highest BCUT2D eigenvalue weighted by molar-refractivity contribution is 7.17. The monoisotopic (exact) mass is 531 g/mol. The number of nitrogens with zero attached hydrogens (tertiary/aromatic N) is 4. The second-order valence-corrected chi connectivity index (χ2v) is 11.4. The Morgan fingerprint density at radius 3 is 2.74 bits per heavy atom. The van der Waals surface area contributed by atoms with Gasteiger partial charge in [0.15, 0.2) is 11.4 Å². The molecule has 4 rings (SSSR count). The van der Waals surface area contributed by atoms with Crippen LogP contribution >= 0.6 is 11.3 Å². The molecule has 1 fully saturated rings. The summed E-state index contributed by atoms with van der Waals surface area (Å²) in [7, 11) is 9.41. The summed E-state index contributed by atoms with van der Waals surface area (Å²) in [6, 6.07) is 7.81. The number of thiazole rings is 1. The van der Waals surface area contributed by atoms with Crippen LogP contribution in [0, 0.1) is 0 Å². The molecule has 3 aromatic rings. The lowest BCUT2D eigenvalue weighted by molar-refractivity contribution is 0.0942. The lowest BCUT2D eigenvalue weighted by Crippen LogP contribution is -2.50. The van der Waals surface area contributed by atoms with E-state index >= 15 is 0 Å². The highest BCUT2D eigenvalue weighted by Gasteiger charge is 2.23. The van der Waals surface area contributed by atoms with Gasteiger partial charge in [0.25, 0.3) is 11.8 Å². The van der Waals surface area contributed by atoms with Crippen molar-refractivity contribution >= 4 is 58.1 Å². The summed E-state index contributed by atoms with van der Waals surface area (Å²) < 4.78 is 5.75. The van der Waals surface area contributed by atoms with Crippen molar-refractivity contribution in [3.05, 3.63) is 47.2 Å². The Morgan fingerprint density at radius 1 is 1.21 bits per heavy atom. The maximum absolute atomic E-state index is 12.8. The van der Waals surface area contributed by atoms with Crippen molar-refractivity contribution in [2.24, 2.45) is 0 Å². The fourth-order valence-electron chi connectivity index (χ4n) is 4.46. The molecule has 38 heavy (non-hydrogen) atoms. The van der Waals surface area contributed by atoms with Crippen molar-refractivity contribution in [2.45, 2.75) is 30.5 Å². The molecule has 14 heteroatoms. The normalized spacial score (nSPS) is 15.7. The molecule has 0 saturated carbocycles. The zero-order valence-corrected chi connectivity index (χ0v) is 23.3. The van der Waals surface area contributed by atoms with Crippen LogP contribution in [0.4, 0.5) is 11.4 Å². The number of hydrogen-bond acceptors (Lipinski definition) is 9. The summed E-state index contributed by atoms with van der Waals surface area (Å²) >= 11 is 1.31. The average molecular weight is 531 g/mol. The first kappa shape index (κ1) is 27.7. The van der Waals surface area contributed by atoms with Gasteiger partial charge in [-0.3, -0.25) is 9.59 Å². The second kappa shape index (κ2) is 12.0. The molecule has 0 spiro atoms. The molecule has 2 amide bonds. The van der Waals surface area contributed by atoms with Crippen LogP contribution in [0.2, 0.25) is 0 Å². The largest absolute Gasteiger partial charge is 0.494 e. The Bertz CT molecular complexity index is 1300. The highest BCUT2D eigenvalue weighted by Crippen LogP contribution is 2.39. The summed E-state index contributed by atoms with van der Waals surface area (Å²) in [6.07, 6.45) is 6.45. The van der Waals surface area contributed by atoms with Gasteiger partial charge in [-0.2, -0.15) is 5.10 Å². The van der Waals surface area contributed by atoms with E-state index in [2.05, 4.69) is 43.1 Å². The maximum atomic E-state index is 12.8. The number of carbonyl (C=O) groups is 2. The van der Waals surface area contributed by atoms with Crippen molar-refractivity contribution < 1.29 is 14.3 Å². The van der Waals surface area contributed by atoms with Gasteiger partial charge in [-0.1, -0.05) is 6.07 Å². The first-order chi connectivity index (χ1) is 18.2. The number of aromatic nitrogens is 3. The van der Waals surface area contributed by atoms with Crippen LogP contribution in [0.1, 0.15) is 39.4 Å². The fourth-order valence-corrected chi connectivity index (χ4v) is 5.31. The number of carbonyl (C=O) groups excluding carboxylic acids is 2. The van der Waals surface area contributed by atoms with Gasteiger partial charge in [0, 0.05) is 12.6 Å². The second-order valence-electron chi connectivity index (χ2n) is 10.4. The van der Waals surface area contributed by atoms with Crippen molar-refractivity contribution in [1.29, 1.82) is 0 Å². The molecule has 3 heterocycles. The third kappa shape index (κ3) is 6.73. The molecule has 0 radical (unpaired) electrons. The van der Waals surface area contributed by atoms with E-state index in [1.807, 2.05) is 41.7 Å². The molecule has 2 aromatic heterocycles. The number of likely N-dealkylation sites (tertiary alicyclic amines) is 1. The SMILES string of the molecule is BC(B)(B)NC(=O)c1nnccc1Nc1cccc(-c2ncc(C(=O)NCCC3CCCN3C)s2)c1OC. The molecule has 10 nitrogen and oxygen atoms in total. The van der Waals surface area contributed by atoms with Gasteiger partial charge >= 0.3 is 0 Å². The van der Waals surface area contributed by atoms with Gasteiger partial charge in [0.2, 0.25) is 0 Å². The van der Waals surface area contributed by atoms with E-state index in [0.717, 1.165) is 18.5 Å². The first-order valence-corrected chi connectivity index (χ1v) is 13.5. The standard InChI is InChI=1S/C24H32B3N7O3S/c1-34-12-4-5-14(34)8-10-28-21(35)18-13-29-23(38-18)15-6-3-7-17(20(15)37-2)31-16-9-11-30-33-19(16)22(36)32-24(25,26)27/h3,6-7,9,11,13-14H,4-5,8,10,12,25-27H2,1-2H3,(H,28,35)(H,30,31)(H,32,36). The van der Waals surface area contributed by atoms with Gasteiger partial charge in [-0.15, -0.1) is 16.4 Å². The zero-order chi connectivity index (χ0) is 27.3. The summed E-state index contributed by atoms with van der Waals surface area (Å²) in [5, 5.41) is 17.4. The molecule has 196 valence electrons. The van der Waals surface area contributed by atoms with Crippen molar-refractivity contribution in [1.82, 2.24) is 30.7 Å². The molecule has 1 saturated heterocycles. The van der Waals surface area contributed by atoms with Gasteiger partial charge in [0.1, 0.15) is 33.4 Å². The molecule has 1 aliphatic heterocycles. The summed E-state index contributed by atoms with van der Waals surface area (Å²) in [5.74, 6) is 0.0791. The first-order valence-electron chi connectivity index (χ1n) is 12.7. The molecule has 1 aliphatic rings. The Hall–Kier alpha value is -3.38. The molecule has 0 aliphatic carbocycles. The zero-order valence-electron chi connectivity index (χ0n) is 22.5. The van der Waals surface area contributed by atoms with Gasteiger partial charge in [-0.25, -0.2) is 4.98 Å². The minimum absolute atomic E-state index is 0.125. The molecular formula is C24H32B3N7O3S. The van der Waals surface area contributed by atoms with Gasteiger partial charge < -0.3 is 25.6 Å². The minimum atomic E-state index is -0.425. The van der Waals surface area contributed by atoms with Crippen LogP contribution in [0.3, 0.4) is 0 Å². The van der Waals surface area contributed by atoms with Crippen molar-refractivity contribution in [3.8, 4) is 16.3 Å². The van der Waals surface area contributed by atoms with E-state index < -0.39 is 5.24 Å². The van der Waals surface area contributed by atoms with E-state index in [1.165, 1.54) is 30.4 Å². The van der Waals surface area contributed by atoms with Gasteiger partial charge in [-0.05, 0) is 56.3 Å². The lowest BCUT2D eigenvalue weighted by Gasteiger charge is -2.21. The van der Waals surface area contributed by atoms with Crippen LogP contribution in [0.25, 0.3) is 10.6 Å². The Labute approximate surface area is 229 Å². The number of hydrogen-bond donors (Lipinski definition) is 3. The van der Waals surface area contributed by atoms with Crippen LogP contribution < -0.4 is 20.7 Å². The number of amides is 2. The molecule has 3 N–H and O–H groups in total. The minimum Gasteiger partial charge on any atom is -0.494 e. The lowest BCUT2D eigenvalue weighted by atomic mass is 9.49. The number of methoxy groups -OCH3 is 1. The number of para-hydroxylation sites is 1. The van der Waals surface area contributed by atoms with Crippen LogP contribution in [-0.2, 0) is 0 Å². The van der Waals surface area contributed by atoms with Crippen molar-refractivity contribution in [2.75, 3.05) is 32.6 Å². The quantitative estimate of drug-likeness (QED) is 0.308. The topological polar surface area (TPSA) is 121 Å². The fraction of sp³-hybridized carbons (Fsp3) is 0.375. The Balaban J connectivity index is 1.50. The predicted octanol–water partition coefficient (Wildman–Crippen LogP) is -0.193. The Morgan fingerprint density at radius 2 is 2.03 bits per heavy atom. The average Bonchev–Trinajstić information content (AvgIpc) is 3.52. The van der Waals surface area contributed by atoms with E-state index in [9.17, 15) is 9.59 Å². The third-order valence-corrected chi connectivity index (χ3v) is 7.34. The number of anilines is 2. The molecule has 0 bridgehead atoms. The number of ether oxygens (including phenoxy) is 1. The van der Waals surface area contributed by atoms with Gasteiger partial charge in [0.05, 0.1) is 36.4 Å². The van der Waals surface area contributed by atoms with E-state index in [1.54, 1.807) is 19.4 Å². The van der Waals surface area contributed by atoms with E-state index in [4.69, 9.17) is 4.74 Å². The number of nitrogens with one attached hydrogen (secondary N) is 3. The van der Waals surface area contributed by atoms with E-state index in [-0.39, 0.29) is 17.5 Å².